The Labute approximate surface area is 154 Å². The molecule has 25 heavy (non-hydrogen) atoms. The summed E-state index contributed by atoms with van der Waals surface area (Å²) in [5, 5.41) is 2.49. The lowest BCUT2D eigenvalue weighted by atomic mass is 10.1. The first-order valence-corrected chi connectivity index (χ1v) is 10.2. The number of rotatable bonds is 5. The monoisotopic (exact) mass is 388 g/mol. The summed E-state index contributed by atoms with van der Waals surface area (Å²) >= 11 is 5.92. The van der Waals surface area contributed by atoms with Gasteiger partial charge in [0, 0.05) is 23.2 Å². The van der Waals surface area contributed by atoms with Crippen LogP contribution in [0, 0.1) is 0 Å². The summed E-state index contributed by atoms with van der Waals surface area (Å²) in [5.41, 5.74) is 4.92. The molecule has 0 unspecified atom stereocenters. The molecule has 0 bridgehead atoms. The second-order valence-electron chi connectivity index (χ2n) is 7.27. The van der Waals surface area contributed by atoms with E-state index in [1.807, 2.05) is 0 Å². The van der Waals surface area contributed by atoms with Gasteiger partial charge < -0.3 is 15.8 Å². The molecule has 1 fully saturated rings. The van der Waals surface area contributed by atoms with E-state index >= 15 is 0 Å². The van der Waals surface area contributed by atoms with Crippen LogP contribution in [-0.4, -0.2) is 43.2 Å². The number of benzene rings is 1. The molecule has 0 aliphatic heterocycles. The second-order valence-corrected chi connectivity index (χ2v) is 10.1. The van der Waals surface area contributed by atoms with E-state index in [0.29, 0.717) is 5.02 Å². The molecule has 1 aromatic rings. The van der Waals surface area contributed by atoms with Gasteiger partial charge in [-0.05, 0) is 38.5 Å². The number of amides is 1. The highest BCUT2D eigenvalue weighted by atomic mass is 35.5. The summed E-state index contributed by atoms with van der Waals surface area (Å²) in [6, 6.07) is 6.91. The minimum Gasteiger partial charge on any atom is -0.444 e. The van der Waals surface area contributed by atoms with Crippen molar-refractivity contribution >= 4 is 27.5 Å². The molecule has 8 heteroatoms. The highest BCUT2D eigenvalue weighted by Crippen LogP contribution is 2.55. The van der Waals surface area contributed by atoms with E-state index in [-0.39, 0.29) is 12.3 Å². The maximum Gasteiger partial charge on any atom is 0.408 e. The SMILES string of the molecule is CCS(=O)(=O)[C@@H]1[C@@H](c2ccc(Cl)cc2)[C@@]1(CN)NC(=O)OC(C)(C)C. The Balaban J connectivity index is 2.38. The van der Waals surface area contributed by atoms with E-state index in [9.17, 15) is 13.2 Å². The summed E-state index contributed by atoms with van der Waals surface area (Å²) in [6.07, 6.45) is -0.675. The lowest BCUT2D eigenvalue weighted by molar-refractivity contribution is 0.0497. The number of halogens is 1. The Bertz CT molecular complexity index is 743. The van der Waals surface area contributed by atoms with Crippen molar-refractivity contribution in [1.82, 2.24) is 5.32 Å². The summed E-state index contributed by atoms with van der Waals surface area (Å²) in [6.45, 7) is 6.80. The van der Waals surface area contributed by atoms with Crippen LogP contribution >= 0.6 is 11.6 Å². The number of hydrogen-bond donors (Lipinski definition) is 2. The summed E-state index contributed by atoms with van der Waals surface area (Å²) < 4.78 is 30.5. The molecule has 140 valence electrons. The van der Waals surface area contributed by atoms with Crippen molar-refractivity contribution in [3.63, 3.8) is 0 Å². The topological polar surface area (TPSA) is 98.5 Å². The molecule has 0 saturated heterocycles. The predicted molar refractivity (Wildman–Crippen MR) is 98.6 cm³/mol. The zero-order valence-electron chi connectivity index (χ0n) is 14.9. The third-order valence-electron chi connectivity index (χ3n) is 4.35. The number of alkyl carbamates (subject to hydrolysis) is 1. The molecule has 0 spiro atoms. The number of nitrogens with one attached hydrogen (secondary N) is 1. The van der Waals surface area contributed by atoms with Crippen molar-refractivity contribution in [2.45, 2.75) is 50.0 Å². The van der Waals surface area contributed by atoms with Gasteiger partial charge in [0.2, 0.25) is 0 Å². The molecule has 2 rings (SSSR count). The highest BCUT2D eigenvalue weighted by Gasteiger charge is 2.71. The fourth-order valence-corrected chi connectivity index (χ4v) is 5.35. The standard InChI is InChI=1S/C17H25ClN2O4S/c1-5-25(22,23)14-13(11-6-8-12(18)9-7-11)17(14,10-19)20-15(21)24-16(2,3)4/h6-9,13-14H,5,10,19H2,1-4H3,(H,20,21)/t13-,14-,17-/m1/s1. The number of carbonyl (C=O) groups is 1. The second kappa shape index (κ2) is 6.78. The van der Waals surface area contributed by atoms with E-state index in [1.54, 1.807) is 52.0 Å². The van der Waals surface area contributed by atoms with Gasteiger partial charge in [-0.1, -0.05) is 30.7 Å². The fourth-order valence-electron chi connectivity index (χ4n) is 3.19. The van der Waals surface area contributed by atoms with E-state index in [1.165, 1.54) is 0 Å². The average molecular weight is 389 g/mol. The molecule has 6 nitrogen and oxygen atoms in total. The summed E-state index contributed by atoms with van der Waals surface area (Å²) in [5.74, 6) is -0.466. The fraction of sp³-hybridized carbons (Fsp3) is 0.588. The minimum atomic E-state index is -3.42. The maximum atomic E-state index is 12.6. The van der Waals surface area contributed by atoms with Gasteiger partial charge in [0.25, 0.3) is 0 Å². The summed E-state index contributed by atoms with van der Waals surface area (Å²) in [4.78, 5) is 12.3. The lowest BCUT2D eigenvalue weighted by Gasteiger charge is -2.24. The Morgan fingerprint density at radius 3 is 2.32 bits per heavy atom. The number of sulfone groups is 1. The van der Waals surface area contributed by atoms with Crippen molar-refractivity contribution in [2.75, 3.05) is 12.3 Å². The van der Waals surface area contributed by atoms with Crippen LogP contribution in [0.25, 0.3) is 0 Å². The first-order chi connectivity index (χ1) is 11.5. The molecule has 1 saturated carbocycles. The number of hydrogen-bond acceptors (Lipinski definition) is 5. The van der Waals surface area contributed by atoms with Gasteiger partial charge in [-0.15, -0.1) is 0 Å². The van der Waals surface area contributed by atoms with Gasteiger partial charge >= 0.3 is 6.09 Å². The van der Waals surface area contributed by atoms with Gasteiger partial charge in [-0.3, -0.25) is 0 Å². The smallest absolute Gasteiger partial charge is 0.408 e. The Morgan fingerprint density at radius 2 is 1.88 bits per heavy atom. The lowest BCUT2D eigenvalue weighted by Crippen LogP contribution is -2.49. The van der Waals surface area contributed by atoms with Crippen LogP contribution in [0.4, 0.5) is 4.79 Å². The normalized spacial score (nSPS) is 26.2. The van der Waals surface area contributed by atoms with E-state index in [4.69, 9.17) is 22.1 Å². The minimum absolute atomic E-state index is 0.0105. The first kappa shape index (κ1) is 20.0. The molecule has 0 radical (unpaired) electrons. The van der Waals surface area contributed by atoms with Crippen molar-refractivity contribution in [1.29, 1.82) is 0 Å². The van der Waals surface area contributed by atoms with E-state index in [0.717, 1.165) is 5.56 Å². The molecule has 1 aromatic carbocycles. The zero-order chi connectivity index (χ0) is 19.0. The van der Waals surface area contributed by atoms with Gasteiger partial charge in [-0.25, -0.2) is 13.2 Å². The molecule has 0 heterocycles. The van der Waals surface area contributed by atoms with Gasteiger partial charge in [0.15, 0.2) is 9.84 Å². The quantitative estimate of drug-likeness (QED) is 0.807. The first-order valence-electron chi connectivity index (χ1n) is 8.15. The van der Waals surface area contributed by atoms with E-state index in [2.05, 4.69) is 5.32 Å². The van der Waals surface area contributed by atoms with Crippen molar-refractivity contribution in [2.24, 2.45) is 5.73 Å². The van der Waals surface area contributed by atoms with Gasteiger partial charge in [0.1, 0.15) is 5.60 Å². The van der Waals surface area contributed by atoms with Crippen LogP contribution in [0.5, 0.6) is 0 Å². The molecule has 1 amide bonds. The largest absolute Gasteiger partial charge is 0.444 e. The van der Waals surface area contributed by atoms with Crippen LogP contribution in [0.2, 0.25) is 5.02 Å². The number of nitrogens with two attached hydrogens (primary N) is 1. The number of ether oxygens (including phenoxy) is 1. The molecule has 1 aliphatic carbocycles. The highest BCUT2D eigenvalue weighted by molar-refractivity contribution is 7.92. The molecular formula is C17H25ClN2O4S. The van der Waals surface area contributed by atoms with Crippen LogP contribution < -0.4 is 11.1 Å². The number of carbonyl (C=O) groups excluding carboxylic acids is 1. The van der Waals surface area contributed by atoms with Crippen LogP contribution in [-0.2, 0) is 14.6 Å². The van der Waals surface area contributed by atoms with Gasteiger partial charge in [0.05, 0.1) is 10.8 Å². The third-order valence-corrected chi connectivity index (χ3v) is 6.87. The van der Waals surface area contributed by atoms with E-state index < -0.39 is 38.2 Å². The molecule has 3 atom stereocenters. The van der Waals surface area contributed by atoms with Gasteiger partial charge in [-0.2, -0.15) is 0 Å². The zero-order valence-corrected chi connectivity index (χ0v) is 16.4. The van der Waals surface area contributed by atoms with Crippen LogP contribution in [0.1, 0.15) is 39.2 Å². The van der Waals surface area contributed by atoms with Crippen LogP contribution in [0.3, 0.4) is 0 Å². The van der Waals surface area contributed by atoms with Crippen molar-refractivity contribution in [3.05, 3.63) is 34.9 Å². The molecule has 1 aliphatic rings. The van der Waals surface area contributed by atoms with Crippen molar-refractivity contribution < 1.29 is 17.9 Å². The van der Waals surface area contributed by atoms with Crippen molar-refractivity contribution in [3.8, 4) is 0 Å². The predicted octanol–water partition coefficient (Wildman–Crippen LogP) is 2.46. The summed E-state index contributed by atoms with van der Waals surface area (Å²) in [7, 11) is -3.42. The third kappa shape index (κ3) is 4.10. The average Bonchev–Trinajstić information content (AvgIpc) is 3.15. The maximum absolute atomic E-state index is 12.6. The Hall–Kier alpha value is -1.31. The Kier molecular flexibility index (Phi) is 5.42. The Morgan fingerprint density at radius 1 is 1.32 bits per heavy atom. The van der Waals surface area contributed by atoms with Crippen LogP contribution in [0.15, 0.2) is 24.3 Å². The molecule has 0 aromatic heterocycles. The molecular weight excluding hydrogens is 364 g/mol. The molecule has 3 N–H and O–H groups in total.